The average Bonchev–Trinajstić information content (AvgIpc) is 3.42. The van der Waals surface area contributed by atoms with Crippen LogP contribution in [0.4, 0.5) is 0 Å². The third-order valence-electron chi connectivity index (χ3n) is 5.07. The zero-order valence-electron chi connectivity index (χ0n) is 15.5. The molecule has 0 aliphatic heterocycles. The molecule has 1 aromatic carbocycles. The Labute approximate surface area is 163 Å². The quantitative estimate of drug-likeness (QED) is 0.738. The van der Waals surface area contributed by atoms with Crippen LogP contribution in [0.5, 0.6) is 0 Å². The average molecular weight is 371 g/mol. The molecular weight excluding hydrogens is 350 g/mol. The summed E-state index contributed by atoms with van der Waals surface area (Å²) in [6.07, 6.45) is 6.45. The number of benzene rings is 1. The maximum Gasteiger partial charge on any atom is 0.251 e. The van der Waals surface area contributed by atoms with Crippen molar-refractivity contribution in [1.82, 2.24) is 20.1 Å². The summed E-state index contributed by atoms with van der Waals surface area (Å²) in [6.45, 7) is 0.329. The van der Waals surface area contributed by atoms with E-state index < -0.39 is 0 Å². The van der Waals surface area contributed by atoms with Crippen molar-refractivity contribution in [2.75, 3.05) is 0 Å². The van der Waals surface area contributed by atoms with Gasteiger partial charge in [-0.3, -0.25) is 14.5 Å². The molecule has 140 valence electrons. The topological polar surface area (TPSA) is 83.6 Å². The Morgan fingerprint density at radius 3 is 2.79 bits per heavy atom. The molecule has 6 nitrogen and oxygen atoms in total. The van der Waals surface area contributed by atoms with E-state index in [0.717, 1.165) is 29.9 Å². The van der Waals surface area contributed by atoms with Crippen LogP contribution < -0.4 is 5.32 Å². The van der Waals surface area contributed by atoms with Gasteiger partial charge in [0.1, 0.15) is 0 Å². The Bertz CT molecular complexity index is 1010. The fourth-order valence-corrected chi connectivity index (χ4v) is 3.67. The Morgan fingerprint density at radius 2 is 2.04 bits per heavy atom. The first-order valence-corrected chi connectivity index (χ1v) is 9.53. The SMILES string of the molecule is N#Cc1cccc(C(=O)NCc2cc(-c3ccccn3)n(C3CCCC3)n2)c1. The van der Waals surface area contributed by atoms with Crippen LogP contribution in [0.1, 0.15) is 53.3 Å². The first kappa shape index (κ1) is 17.9. The molecule has 0 saturated heterocycles. The monoisotopic (exact) mass is 371 g/mol. The zero-order valence-corrected chi connectivity index (χ0v) is 15.5. The molecule has 1 amide bonds. The van der Waals surface area contributed by atoms with Crippen LogP contribution in [0.25, 0.3) is 11.4 Å². The van der Waals surface area contributed by atoms with E-state index in [0.29, 0.717) is 23.7 Å². The second kappa shape index (κ2) is 8.05. The first-order valence-electron chi connectivity index (χ1n) is 9.53. The molecule has 1 N–H and O–H groups in total. The lowest BCUT2D eigenvalue weighted by Gasteiger charge is -2.13. The molecular formula is C22H21N5O. The summed E-state index contributed by atoms with van der Waals surface area (Å²) in [5, 5.41) is 16.7. The summed E-state index contributed by atoms with van der Waals surface area (Å²) in [5.74, 6) is -0.216. The van der Waals surface area contributed by atoms with Gasteiger partial charge in [0.2, 0.25) is 0 Å². The number of amides is 1. The minimum Gasteiger partial charge on any atom is -0.346 e. The van der Waals surface area contributed by atoms with E-state index in [2.05, 4.69) is 21.1 Å². The third-order valence-corrected chi connectivity index (χ3v) is 5.07. The predicted octanol–water partition coefficient (Wildman–Crippen LogP) is 3.86. The number of carbonyl (C=O) groups is 1. The van der Waals surface area contributed by atoms with Gasteiger partial charge in [-0.2, -0.15) is 10.4 Å². The second-order valence-corrected chi connectivity index (χ2v) is 6.99. The highest BCUT2D eigenvalue weighted by Crippen LogP contribution is 2.33. The van der Waals surface area contributed by atoms with E-state index in [1.807, 2.05) is 24.3 Å². The van der Waals surface area contributed by atoms with Gasteiger partial charge in [-0.1, -0.05) is 25.0 Å². The zero-order chi connectivity index (χ0) is 19.3. The lowest BCUT2D eigenvalue weighted by molar-refractivity contribution is 0.0950. The van der Waals surface area contributed by atoms with E-state index in [9.17, 15) is 4.79 Å². The molecule has 0 spiro atoms. The van der Waals surface area contributed by atoms with Gasteiger partial charge in [0.15, 0.2) is 0 Å². The molecule has 0 radical (unpaired) electrons. The highest BCUT2D eigenvalue weighted by Gasteiger charge is 2.22. The van der Waals surface area contributed by atoms with Crippen molar-refractivity contribution in [2.24, 2.45) is 0 Å². The Morgan fingerprint density at radius 1 is 1.18 bits per heavy atom. The minimum atomic E-state index is -0.216. The molecule has 0 bridgehead atoms. The van der Waals surface area contributed by atoms with Crippen LogP contribution in [0.15, 0.2) is 54.7 Å². The van der Waals surface area contributed by atoms with Crippen LogP contribution >= 0.6 is 0 Å². The highest BCUT2D eigenvalue weighted by molar-refractivity contribution is 5.94. The Kier molecular flexibility index (Phi) is 5.16. The number of hydrogen-bond donors (Lipinski definition) is 1. The predicted molar refractivity (Wildman–Crippen MR) is 105 cm³/mol. The number of nitrogens with one attached hydrogen (secondary N) is 1. The molecule has 4 rings (SSSR count). The summed E-state index contributed by atoms with van der Waals surface area (Å²) in [4.78, 5) is 16.9. The van der Waals surface area contributed by atoms with Crippen molar-refractivity contribution in [3.63, 3.8) is 0 Å². The number of hydrogen-bond acceptors (Lipinski definition) is 4. The van der Waals surface area contributed by atoms with E-state index >= 15 is 0 Å². The molecule has 1 aliphatic rings. The van der Waals surface area contributed by atoms with Gasteiger partial charge in [-0.15, -0.1) is 0 Å². The van der Waals surface area contributed by atoms with Crippen molar-refractivity contribution < 1.29 is 4.79 Å². The molecule has 1 fully saturated rings. The summed E-state index contributed by atoms with van der Waals surface area (Å²) < 4.78 is 2.08. The number of carbonyl (C=O) groups excluding carboxylic acids is 1. The standard InChI is InChI=1S/C22H21N5O/c23-14-16-6-5-7-17(12-16)22(28)25-15-18-13-21(20-10-3-4-11-24-20)27(26-18)19-8-1-2-9-19/h3-7,10-13,19H,1-2,8-9,15H2,(H,25,28). The van der Waals surface area contributed by atoms with Crippen LogP contribution in [0.3, 0.4) is 0 Å². The molecule has 2 aromatic heterocycles. The molecule has 0 unspecified atom stereocenters. The largest absolute Gasteiger partial charge is 0.346 e. The van der Waals surface area contributed by atoms with Gasteiger partial charge in [-0.05, 0) is 49.2 Å². The van der Waals surface area contributed by atoms with Gasteiger partial charge in [0.05, 0.1) is 41.3 Å². The number of rotatable bonds is 5. The number of pyridine rings is 1. The summed E-state index contributed by atoms with van der Waals surface area (Å²) in [7, 11) is 0. The summed E-state index contributed by atoms with van der Waals surface area (Å²) in [5.41, 5.74) is 3.62. The van der Waals surface area contributed by atoms with Crippen LogP contribution in [0, 0.1) is 11.3 Å². The van der Waals surface area contributed by atoms with Crippen molar-refractivity contribution in [3.05, 3.63) is 71.5 Å². The van der Waals surface area contributed by atoms with E-state index in [1.54, 1.807) is 30.5 Å². The molecule has 0 atom stereocenters. The van der Waals surface area contributed by atoms with Gasteiger partial charge in [0, 0.05) is 11.8 Å². The highest BCUT2D eigenvalue weighted by atomic mass is 16.1. The second-order valence-electron chi connectivity index (χ2n) is 6.99. The Hall–Kier alpha value is -3.46. The fourth-order valence-electron chi connectivity index (χ4n) is 3.67. The molecule has 1 saturated carbocycles. The fraction of sp³-hybridized carbons (Fsp3) is 0.273. The maximum absolute atomic E-state index is 12.4. The lowest BCUT2D eigenvalue weighted by Crippen LogP contribution is -2.23. The lowest BCUT2D eigenvalue weighted by atomic mass is 10.1. The van der Waals surface area contributed by atoms with E-state index in [4.69, 9.17) is 10.4 Å². The van der Waals surface area contributed by atoms with Crippen molar-refractivity contribution in [2.45, 2.75) is 38.3 Å². The molecule has 1 aliphatic carbocycles. The molecule has 6 heteroatoms. The van der Waals surface area contributed by atoms with Crippen molar-refractivity contribution >= 4 is 5.91 Å². The van der Waals surface area contributed by atoms with Gasteiger partial charge in [-0.25, -0.2) is 0 Å². The van der Waals surface area contributed by atoms with Crippen LogP contribution in [-0.4, -0.2) is 20.7 Å². The normalized spacial score (nSPS) is 14.0. The first-order chi connectivity index (χ1) is 13.7. The van der Waals surface area contributed by atoms with Gasteiger partial charge >= 0.3 is 0 Å². The van der Waals surface area contributed by atoms with Crippen LogP contribution in [-0.2, 0) is 6.54 Å². The van der Waals surface area contributed by atoms with E-state index in [1.165, 1.54) is 12.8 Å². The molecule has 3 aromatic rings. The van der Waals surface area contributed by atoms with E-state index in [-0.39, 0.29) is 5.91 Å². The van der Waals surface area contributed by atoms with Gasteiger partial charge in [0.25, 0.3) is 5.91 Å². The summed E-state index contributed by atoms with van der Waals surface area (Å²) >= 11 is 0. The number of nitriles is 1. The maximum atomic E-state index is 12.4. The summed E-state index contributed by atoms with van der Waals surface area (Å²) in [6, 6.07) is 17.0. The minimum absolute atomic E-state index is 0.216. The van der Waals surface area contributed by atoms with Gasteiger partial charge < -0.3 is 5.32 Å². The third kappa shape index (κ3) is 3.79. The number of aromatic nitrogens is 3. The number of nitrogens with zero attached hydrogens (tertiary/aromatic N) is 4. The smallest absolute Gasteiger partial charge is 0.251 e. The molecule has 2 heterocycles. The van der Waals surface area contributed by atoms with Crippen molar-refractivity contribution in [1.29, 1.82) is 5.26 Å². The molecule has 28 heavy (non-hydrogen) atoms. The van der Waals surface area contributed by atoms with Crippen molar-refractivity contribution in [3.8, 4) is 17.5 Å². The van der Waals surface area contributed by atoms with Crippen LogP contribution in [0.2, 0.25) is 0 Å². The Balaban J connectivity index is 1.55.